The van der Waals surface area contributed by atoms with Crippen LogP contribution >= 0.6 is 0 Å². The van der Waals surface area contributed by atoms with Crippen LogP contribution in [0.15, 0.2) is 46.0 Å². The summed E-state index contributed by atoms with van der Waals surface area (Å²) in [6.07, 6.45) is 3.44. The van der Waals surface area contributed by atoms with E-state index in [2.05, 4.69) is 43.0 Å². The van der Waals surface area contributed by atoms with Crippen molar-refractivity contribution in [2.45, 2.75) is 26.3 Å². The second-order valence-corrected chi connectivity index (χ2v) is 6.11. The summed E-state index contributed by atoms with van der Waals surface area (Å²) < 4.78 is 7.11. The summed E-state index contributed by atoms with van der Waals surface area (Å²) in [5.74, 6) is 2.06. The zero-order valence-electron chi connectivity index (χ0n) is 15.9. The van der Waals surface area contributed by atoms with Crippen molar-refractivity contribution < 1.29 is 4.52 Å². The average molecular weight is 367 g/mol. The van der Waals surface area contributed by atoms with Gasteiger partial charge in [0.1, 0.15) is 0 Å². The molecular weight excluding hydrogens is 342 g/mol. The van der Waals surface area contributed by atoms with Crippen LogP contribution in [-0.4, -0.2) is 39.5 Å². The molecule has 3 rings (SSSR count). The minimum Gasteiger partial charge on any atom is -0.356 e. The third kappa shape index (κ3) is 4.93. The Hall–Kier alpha value is -3.16. The minimum absolute atomic E-state index is 0.566. The van der Waals surface area contributed by atoms with Gasteiger partial charge in [0.15, 0.2) is 11.8 Å². The number of rotatable bonds is 7. The van der Waals surface area contributed by atoms with Gasteiger partial charge in [-0.05, 0) is 30.2 Å². The normalized spacial score (nSPS) is 11.6. The Labute approximate surface area is 158 Å². The molecule has 0 bridgehead atoms. The maximum atomic E-state index is 5.27. The van der Waals surface area contributed by atoms with Gasteiger partial charge in [-0.1, -0.05) is 24.2 Å². The van der Waals surface area contributed by atoms with Crippen LogP contribution in [0.4, 0.5) is 0 Å². The quantitative estimate of drug-likeness (QED) is 0.490. The van der Waals surface area contributed by atoms with E-state index in [0.29, 0.717) is 12.4 Å². The Bertz CT molecular complexity index is 880. The average Bonchev–Trinajstić information content (AvgIpc) is 3.34. The Morgan fingerprint density at radius 3 is 2.63 bits per heavy atom. The fourth-order valence-corrected chi connectivity index (χ4v) is 2.62. The molecule has 8 heteroatoms. The van der Waals surface area contributed by atoms with Crippen LogP contribution in [0.5, 0.6) is 0 Å². The van der Waals surface area contributed by atoms with Crippen molar-refractivity contribution in [3.05, 3.63) is 53.6 Å². The first-order valence-corrected chi connectivity index (χ1v) is 9.03. The Balaban J connectivity index is 1.47. The molecule has 0 unspecified atom stereocenters. The number of nitrogens with one attached hydrogen (secondary N) is 2. The molecule has 0 spiro atoms. The molecule has 0 saturated heterocycles. The van der Waals surface area contributed by atoms with Gasteiger partial charge in [0.25, 0.3) is 5.89 Å². The molecule has 2 heterocycles. The van der Waals surface area contributed by atoms with E-state index >= 15 is 0 Å². The summed E-state index contributed by atoms with van der Waals surface area (Å²) in [6.45, 7) is 3.46. The topological polar surface area (TPSA) is 93.2 Å². The second-order valence-electron chi connectivity index (χ2n) is 6.11. The summed E-state index contributed by atoms with van der Waals surface area (Å²) in [6, 6.07) is 10.2. The van der Waals surface area contributed by atoms with E-state index in [-0.39, 0.29) is 0 Å². The van der Waals surface area contributed by atoms with E-state index in [0.717, 1.165) is 42.4 Å². The lowest BCUT2D eigenvalue weighted by atomic mass is 10.1. The molecule has 0 amide bonds. The third-order valence-electron chi connectivity index (χ3n) is 4.27. The van der Waals surface area contributed by atoms with Crippen molar-refractivity contribution >= 4 is 5.96 Å². The predicted octanol–water partition coefficient (Wildman–Crippen LogP) is 1.94. The van der Waals surface area contributed by atoms with E-state index in [1.807, 2.05) is 36.9 Å². The predicted molar refractivity (Wildman–Crippen MR) is 104 cm³/mol. The molecule has 2 N–H and O–H groups in total. The molecule has 3 aromatic rings. The molecule has 1 aromatic carbocycles. The zero-order chi connectivity index (χ0) is 19.1. The van der Waals surface area contributed by atoms with E-state index in [4.69, 9.17) is 4.52 Å². The van der Waals surface area contributed by atoms with Crippen molar-refractivity contribution in [1.82, 2.24) is 30.6 Å². The molecule has 0 atom stereocenters. The smallest absolute Gasteiger partial charge is 0.257 e. The lowest BCUT2D eigenvalue weighted by Gasteiger charge is -2.12. The van der Waals surface area contributed by atoms with Gasteiger partial charge >= 0.3 is 0 Å². The number of aliphatic imine (C=N–C) groups is 1. The van der Waals surface area contributed by atoms with Crippen molar-refractivity contribution in [2.24, 2.45) is 12.0 Å². The molecule has 142 valence electrons. The lowest BCUT2D eigenvalue weighted by Crippen LogP contribution is -2.38. The monoisotopic (exact) mass is 367 g/mol. The van der Waals surface area contributed by atoms with Crippen LogP contribution in [0.3, 0.4) is 0 Å². The largest absolute Gasteiger partial charge is 0.356 e. The second kappa shape index (κ2) is 8.98. The molecule has 0 aliphatic rings. The van der Waals surface area contributed by atoms with Crippen LogP contribution in [0.2, 0.25) is 0 Å². The van der Waals surface area contributed by atoms with Crippen molar-refractivity contribution in [3.63, 3.8) is 0 Å². The van der Waals surface area contributed by atoms with E-state index in [1.165, 1.54) is 5.56 Å². The number of aryl methyl sites for hydroxylation is 2. The first-order chi connectivity index (χ1) is 13.2. The number of nitrogens with zero attached hydrogens (tertiary/aromatic N) is 5. The molecule has 2 aromatic heterocycles. The summed E-state index contributed by atoms with van der Waals surface area (Å²) in [5, 5.41) is 14.7. The third-order valence-corrected chi connectivity index (χ3v) is 4.27. The lowest BCUT2D eigenvalue weighted by molar-refractivity contribution is 0.423. The number of benzene rings is 1. The summed E-state index contributed by atoms with van der Waals surface area (Å²) >= 11 is 0. The van der Waals surface area contributed by atoms with Crippen LogP contribution in [0.25, 0.3) is 11.5 Å². The van der Waals surface area contributed by atoms with E-state index in [9.17, 15) is 0 Å². The molecule has 0 saturated carbocycles. The van der Waals surface area contributed by atoms with Crippen LogP contribution in [-0.2, 0) is 26.4 Å². The highest BCUT2D eigenvalue weighted by Crippen LogP contribution is 2.18. The van der Waals surface area contributed by atoms with Gasteiger partial charge < -0.3 is 15.2 Å². The summed E-state index contributed by atoms with van der Waals surface area (Å²) in [7, 11) is 3.69. The maximum absolute atomic E-state index is 5.27. The highest BCUT2D eigenvalue weighted by atomic mass is 16.5. The van der Waals surface area contributed by atoms with Gasteiger partial charge in [-0.15, -0.1) is 0 Å². The van der Waals surface area contributed by atoms with Crippen LogP contribution in [0, 0.1) is 0 Å². The highest BCUT2D eigenvalue weighted by Gasteiger charge is 2.07. The maximum Gasteiger partial charge on any atom is 0.257 e. The van der Waals surface area contributed by atoms with Crippen molar-refractivity contribution in [3.8, 4) is 11.5 Å². The van der Waals surface area contributed by atoms with Crippen molar-refractivity contribution in [2.75, 3.05) is 13.6 Å². The molecule has 0 aliphatic carbocycles. The standard InChI is InChI=1S/C19H25N7O/c1-4-17-24-18(27-25-17)15-7-5-14(6-8-15)9-11-21-19(20-2)22-13-16-10-12-23-26(16)3/h5-8,10,12H,4,9,11,13H2,1-3H3,(H2,20,21,22). The van der Waals surface area contributed by atoms with Crippen LogP contribution < -0.4 is 10.6 Å². The summed E-state index contributed by atoms with van der Waals surface area (Å²) in [5.41, 5.74) is 3.26. The van der Waals surface area contributed by atoms with E-state index in [1.54, 1.807) is 13.2 Å². The zero-order valence-corrected chi connectivity index (χ0v) is 15.9. The molecule has 8 nitrogen and oxygen atoms in total. The van der Waals surface area contributed by atoms with Gasteiger partial charge in [0.05, 0.1) is 12.2 Å². The summed E-state index contributed by atoms with van der Waals surface area (Å²) in [4.78, 5) is 8.60. The van der Waals surface area contributed by atoms with Crippen LogP contribution in [0.1, 0.15) is 24.0 Å². The molecule has 0 fully saturated rings. The van der Waals surface area contributed by atoms with E-state index < -0.39 is 0 Å². The molecule has 27 heavy (non-hydrogen) atoms. The molecular formula is C19H25N7O. The minimum atomic E-state index is 0.566. The van der Waals surface area contributed by atoms with Gasteiger partial charge in [0.2, 0.25) is 0 Å². The Kier molecular flexibility index (Phi) is 6.19. The van der Waals surface area contributed by atoms with Gasteiger partial charge in [0, 0.05) is 38.8 Å². The highest BCUT2D eigenvalue weighted by molar-refractivity contribution is 5.79. The number of hydrogen-bond donors (Lipinski definition) is 2. The van der Waals surface area contributed by atoms with Gasteiger partial charge in [-0.2, -0.15) is 10.1 Å². The SMILES string of the molecule is CCc1noc(-c2ccc(CCNC(=NC)NCc3ccnn3C)cc2)n1. The van der Waals surface area contributed by atoms with Crippen molar-refractivity contribution in [1.29, 1.82) is 0 Å². The number of hydrogen-bond acceptors (Lipinski definition) is 5. The fraction of sp³-hybridized carbons (Fsp3) is 0.368. The first kappa shape index (κ1) is 18.6. The molecule has 0 radical (unpaired) electrons. The molecule has 0 aliphatic heterocycles. The van der Waals surface area contributed by atoms with Gasteiger partial charge in [-0.3, -0.25) is 9.67 Å². The number of aromatic nitrogens is 4. The first-order valence-electron chi connectivity index (χ1n) is 9.03. The Morgan fingerprint density at radius 2 is 2.00 bits per heavy atom. The number of guanidine groups is 1. The fourth-order valence-electron chi connectivity index (χ4n) is 2.62. The van der Waals surface area contributed by atoms with Gasteiger partial charge in [-0.25, -0.2) is 0 Å². The Morgan fingerprint density at radius 1 is 1.19 bits per heavy atom.